The van der Waals surface area contributed by atoms with Crippen LogP contribution in [0.1, 0.15) is 21.6 Å². The number of nitrogens with two attached hydrogens (primary N) is 1. The Kier molecular flexibility index (Phi) is 3.38. The van der Waals surface area contributed by atoms with Crippen LogP contribution in [-0.2, 0) is 0 Å². The predicted molar refractivity (Wildman–Crippen MR) is 73.6 cm³/mol. The molecule has 1 aromatic carbocycles. The maximum absolute atomic E-state index is 11.9. The van der Waals surface area contributed by atoms with Crippen LogP contribution in [0.5, 0.6) is 0 Å². The average molecular weight is 260 g/mol. The van der Waals surface area contributed by atoms with Crippen LogP contribution in [0.2, 0.25) is 0 Å². The lowest BCUT2D eigenvalue weighted by molar-refractivity contribution is 0.102. The Bertz CT molecular complexity index is 592. The van der Waals surface area contributed by atoms with Gasteiger partial charge in [-0.05, 0) is 24.6 Å². The number of anilines is 1. The summed E-state index contributed by atoms with van der Waals surface area (Å²) in [5, 5.41) is 9.08. The molecule has 1 heterocycles. The van der Waals surface area contributed by atoms with Gasteiger partial charge in [0.15, 0.2) is 0 Å². The summed E-state index contributed by atoms with van der Waals surface area (Å²) in [5.74, 6) is -0.282. The van der Waals surface area contributed by atoms with E-state index in [1.807, 2.05) is 19.1 Å². The molecule has 0 saturated carbocycles. The first-order chi connectivity index (χ1) is 8.59. The predicted octanol–water partition coefficient (Wildman–Crippen LogP) is 1.60. The SMILES string of the molecule is Cc1cccc(NC(=O)c2ccn[nH]2)c1C(N)=S. The number of carbonyl (C=O) groups is 1. The summed E-state index contributed by atoms with van der Waals surface area (Å²) < 4.78 is 0. The van der Waals surface area contributed by atoms with Crippen molar-refractivity contribution >= 4 is 28.8 Å². The molecule has 0 bridgehead atoms. The number of hydrogen-bond donors (Lipinski definition) is 3. The Morgan fingerprint density at radius 3 is 2.83 bits per heavy atom. The fourth-order valence-electron chi connectivity index (χ4n) is 1.67. The quantitative estimate of drug-likeness (QED) is 0.732. The van der Waals surface area contributed by atoms with E-state index in [1.165, 1.54) is 6.20 Å². The van der Waals surface area contributed by atoms with E-state index in [0.29, 0.717) is 16.9 Å². The summed E-state index contributed by atoms with van der Waals surface area (Å²) in [6.07, 6.45) is 1.51. The minimum Gasteiger partial charge on any atom is -0.389 e. The van der Waals surface area contributed by atoms with Crippen molar-refractivity contribution in [2.45, 2.75) is 6.92 Å². The number of aryl methyl sites for hydroxylation is 1. The van der Waals surface area contributed by atoms with Gasteiger partial charge in [-0.25, -0.2) is 0 Å². The molecule has 0 aliphatic rings. The summed E-state index contributed by atoms with van der Waals surface area (Å²) in [6.45, 7) is 1.89. The highest BCUT2D eigenvalue weighted by Crippen LogP contribution is 2.19. The van der Waals surface area contributed by atoms with E-state index < -0.39 is 0 Å². The molecule has 0 unspecified atom stereocenters. The first-order valence-corrected chi connectivity index (χ1v) is 5.70. The second-order valence-electron chi connectivity index (χ2n) is 3.79. The molecular formula is C12H12N4OS. The molecule has 0 saturated heterocycles. The summed E-state index contributed by atoms with van der Waals surface area (Å²) in [4.78, 5) is 12.2. The molecule has 2 rings (SSSR count). The lowest BCUT2D eigenvalue weighted by Crippen LogP contribution is -2.19. The van der Waals surface area contributed by atoms with Gasteiger partial charge in [-0.1, -0.05) is 24.4 Å². The van der Waals surface area contributed by atoms with Gasteiger partial charge in [-0.15, -0.1) is 0 Å². The Morgan fingerprint density at radius 2 is 2.22 bits per heavy atom. The molecule has 4 N–H and O–H groups in total. The number of rotatable bonds is 3. The van der Waals surface area contributed by atoms with E-state index >= 15 is 0 Å². The smallest absolute Gasteiger partial charge is 0.273 e. The van der Waals surface area contributed by atoms with Crippen LogP contribution in [0.25, 0.3) is 0 Å². The number of amides is 1. The second-order valence-corrected chi connectivity index (χ2v) is 4.23. The van der Waals surface area contributed by atoms with Crippen molar-refractivity contribution in [3.8, 4) is 0 Å². The number of H-pyrrole nitrogens is 1. The molecule has 18 heavy (non-hydrogen) atoms. The van der Waals surface area contributed by atoms with Crippen LogP contribution in [0.15, 0.2) is 30.5 Å². The largest absolute Gasteiger partial charge is 0.389 e. The maximum Gasteiger partial charge on any atom is 0.273 e. The van der Waals surface area contributed by atoms with Gasteiger partial charge >= 0.3 is 0 Å². The van der Waals surface area contributed by atoms with E-state index in [0.717, 1.165) is 5.56 Å². The van der Waals surface area contributed by atoms with Gasteiger partial charge in [0, 0.05) is 11.8 Å². The van der Waals surface area contributed by atoms with Gasteiger partial charge in [0.25, 0.3) is 5.91 Å². The number of benzene rings is 1. The van der Waals surface area contributed by atoms with Crippen LogP contribution < -0.4 is 11.1 Å². The third-order valence-electron chi connectivity index (χ3n) is 2.51. The average Bonchev–Trinajstić information content (AvgIpc) is 2.81. The number of hydrogen-bond acceptors (Lipinski definition) is 3. The van der Waals surface area contributed by atoms with E-state index in [-0.39, 0.29) is 10.9 Å². The van der Waals surface area contributed by atoms with E-state index in [1.54, 1.807) is 12.1 Å². The molecule has 0 radical (unpaired) electrons. The first kappa shape index (κ1) is 12.3. The van der Waals surface area contributed by atoms with Gasteiger partial charge in [-0.3, -0.25) is 9.89 Å². The molecule has 1 aromatic heterocycles. The number of nitrogens with one attached hydrogen (secondary N) is 2. The van der Waals surface area contributed by atoms with Crippen molar-refractivity contribution in [2.24, 2.45) is 5.73 Å². The topological polar surface area (TPSA) is 83.8 Å². The second kappa shape index (κ2) is 4.97. The fraction of sp³-hybridized carbons (Fsp3) is 0.0833. The number of aromatic nitrogens is 2. The van der Waals surface area contributed by atoms with Crippen LogP contribution >= 0.6 is 12.2 Å². The normalized spacial score (nSPS) is 10.1. The van der Waals surface area contributed by atoms with Gasteiger partial charge < -0.3 is 11.1 Å². The Hall–Kier alpha value is -2.21. The minimum absolute atomic E-state index is 0.257. The number of carbonyl (C=O) groups excluding carboxylic acids is 1. The molecule has 5 nitrogen and oxygen atoms in total. The Morgan fingerprint density at radius 1 is 1.44 bits per heavy atom. The van der Waals surface area contributed by atoms with Crippen molar-refractivity contribution in [2.75, 3.05) is 5.32 Å². The Labute approximate surface area is 109 Å². The lowest BCUT2D eigenvalue weighted by atomic mass is 10.1. The number of thiocarbonyl (C=S) groups is 1. The molecule has 1 amide bonds. The van der Waals surface area contributed by atoms with Crippen molar-refractivity contribution in [1.29, 1.82) is 0 Å². The highest BCUT2D eigenvalue weighted by molar-refractivity contribution is 7.80. The summed E-state index contributed by atoms with van der Waals surface area (Å²) >= 11 is 5.00. The van der Waals surface area contributed by atoms with Gasteiger partial charge in [-0.2, -0.15) is 5.10 Å². The van der Waals surface area contributed by atoms with Crippen molar-refractivity contribution in [3.05, 3.63) is 47.3 Å². The van der Waals surface area contributed by atoms with Crippen molar-refractivity contribution in [1.82, 2.24) is 10.2 Å². The monoisotopic (exact) mass is 260 g/mol. The van der Waals surface area contributed by atoms with Gasteiger partial charge in [0.2, 0.25) is 0 Å². The van der Waals surface area contributed by atoms with Crippen LogP contribution in [0.3, 0.4) is 0 Å². The maximum atomic E-state index is 11.9. The van der Waals surface area contributed by atoms with Crippen molar-refractivity contribution in [3.63, 3.8) is 0 Å². The van der Waals surface area contributed by atoms with Gasteiger partial charge in [0.1, 0.15) is 10.7 Å². The molecule has 0 aliphatic heterocycles. The standard InChI is InChI=1S/C12H12N4OS/c1-7-3-2-4-8(10(7)11(13)18)15-12(17)9-5-6-14-16-9/h2-6H,1H3,(H2,13,18)(H,14,16)(H,15,17). The summed E-state index contributed by atoms with van der Waals surface area (Å²) in [6, 6.07) is 7.07. The van der Waals surface area contributed by atoms with E-state index in [9.17, 15) is 4.79 Å². The number of nitrogens with zero attached hydrogens (tertiary/aromatic N) is 1. The van der Waals surface area contributed by atoms with Crippen LogP contribution in [0.4, 0.5) is 5.69 Å². The van der Waals surface area contributed by atoms with E-state index in [2.05, 4.69) is 15.5 Å². The molecule has 0 atom stereocenters. The molecule has 92 valence electrons. The minimum atomic E-state index is -0.282. The zero-order chi connectivity index (χ0) is 13.1. The Balaban J connectivity index is 2.32. The third kappa shape index (κ3) is 2.38. The molecule has 6 heteroatoms. The summed E-state index contributed by atoms with van der Waals surface area (Å²) in [7, 11) is 0. The molecule has 2 aromatic rings. The zero-order valence-electron chi connectivity index (χ0n) is 9.73. The number of aromatic amines is 1. The van der Waals surface area contributed by atoms with Gasteiger partial charge in [0.05, 0.1) is 5.69 Å². The zero-order valence-corrected chi connectivity index (χ0v) is 10.5. The fourth-order valence-corrected chi connectivity index (χ4v) is 1.94. The molecular weight excluding hydrogens is 248 g/mol. The molecule has 0 spiro atoms. The highest BCUT2D eigenvalue weighted by Gasteiger charge is 2.12. The van der Waals surface area contributed by atoms with Crippen LogP contribution in [0, 0.1) is 6.92 Å². The van der Waals surface area contributed by atoms with Crippen molar-refractivity contribution < 1.29 is 4.79 Å². The lowest BCUT2D eigenvalue weighted by Gasteiger charge is -2.11. The summed E-state index contributed by atoms with van der Waals surface area (Å²) in [5.41, 5.74) is 8.25. The molecule has 0 fully saturated rings. The molecule has 0 aliphatic carbocycles. The van der Waals surface area contributed by atoms with E-state index in [4.69, 9.17) is 18.0 Å². The third-order valence-corrected chi connectivity index (χ3v) is 2.72. The highest BCUT2D eigenvalue weighted by atomic mass is 32.1. The van der Waals surface area contributed by atoms with Crippen LogP contribution in [-0.4, -0.2) is 21.1 Å². The first-order valence-electron chi connectivity index (χ1n) is 5.29.